The van der Waals surface area contributed by atoms with Crippen LogP contribution in [0.5, 0.6) is 5.75 Å². The normalized spacial score (nSPS) is 11.1. The van der Waals surface area contributed by atoms with Crippen LogP contribution in [0.2, 0.25) is 0 Å². The molecule has 33 heavy (non-hydrogen) atoms. The van der Waals surface area contributed by atoms with Crippen molar-refractivity contribution in [2.45, 2.75) is 20.4 Å². The number of aromatic nitrogens is 4. The van der Waals surface area contributed by atoms with Crippen LogP contribution in [0.3, 0.4) is 0 Å². The molecule has 0 aliphatic heterocycles. The van der Waals surface area contributed by atoms with Crippen LogP contribution < -0.4 is 10.3 Å². The smallest absolute Gasteiger partial charge is 0.259 e. The second-order valence-electron chi connectivity index (χ2n) is 7.82. The highest BCUT2D eigenvalue weighted by molar-refractivity contribution is 5.92. The first-order valence-corrected chi connectivity index (χ1v) is 10.6. The average molecular weight is 438 g/mol. The topological polar surface area (TPSA) is 83.0 Å². The molecule has 0 atom stereocenters. The van der Waals surface area contributed by atoms with Gasteiger partial charge in [-0.1, -0.05) is 11.2 Å². The van der Waals surface area contributed by atoms with Crippen LogP contribution in [0.4, 0.5) is 0 Å². The van der Waals surface area contributed by atoms with E-state index in [-0.39, 0.29) is 5.56 Å². The van der Waals surface area contributed by atoms with Crippen molar-refractivity contribution in [1.29, 1.82) is 0 Å². The van der Waals surface area contributed by atoms with Crippen LogP contribution in [0.1, 0.15) is 17.1 Å². The highest BCUT2D eigenvalue weighted by atomic mass is 16.5. The molecular weight excluding hydrogens is 416 g/mol. The van der Waals surface area contributed by atoms with Gasteiger partial charge in [0, 0.05) is 35.8 Å². The molecule has 0 spiro atoms. The molecule has 4 heterocycles. The monoisotopic (exact) mass is 438 g/mol. The van der Waals surface area contributed by atoms with Gasteiger partial charge in [-0.05, 0) is 61.2 Å². The van der Waals surface area contributed by atoms with Crippen molar-refractivity contribution in [3.8, 4) is 28.0 Å². The van der Waals surface area contributed by atoms with Crippen molar-refractivity contribution in [2.24, 2.45) is 0 Å². The van der Waals surface area contributed by atoms with Crippen LogP contribution >= 0.6 is 0 Å². The van der Waals surface area contributed by atoms with Crippen LogP contribution in [-0.2, 0) is 6.54 Å². The molecule has 0 saturated carbocycles. The van der Waals surface area contributed by atoms with E-state index >= 15 is 0 Å². The molecule has 0 aliphatic carbocycles. The standard InChI is InChI=1S/C26H22N4O3/c1-16-25(17(2)33-29-16)22-13-19-12-21(18-7-10-27-11-8-18)26(31)30(23(19)14-24(22)32-3)15-20-6-4-5-9-28-20/h4-14H,15H2,1-3H3. The van der Waals surface area contributed by atoms with E-state index in [1.165, 1.54) is 0 Å². The molecule has 4 aromatic heterocycles. The summed E-state index contributed by atoms with van der Waals surface area (Å²) in [7, 11) is 1.62. The zero-order chi connectivity index (χ0) is 22.9. The van der Waals surface area contributed by atoms with Crippen molar-refractivity contribution in [3.05, 3.63) is 94.6 Å². The molecule has 0 amide bonds. The molecule has 0 unspecified atom stereocenters. The first-order chi connectivity index (χ1) is 16.1. The fourth-order valence-electron chi connectivity index (χ4n) is 4.19. The fraction of sp³-hybridized carbons (Fsp3) is 0.154. The van der Waals surface area contributed by atoms with Crippen LogP contribution in [0, 0.1) is 13.8 Å². The Kier molecular flexibility index (Phi) is 5.22. The number of ether oxygens (including phenoxy) is 1. The Balaban J connectivity index is 1.83. The van der Waals surface area contributed by atoms with Gasteiger partial charge >= 0.3 is 0 Å². The van der Waals surface area contributed by atoms with E-state index in [2.05, 4.69) is 15.1 Å². The number of hydrogen-bond acceptors (Lipinski definition) is 6. The van der Waals surface area contributed by atoms with Gasteiger partial charge in [0.25, 0.3) is 5.56 Å². The van der Waals surface area contributed by atoms with Crippen molar-refractivity contribution in [3.63, 3.8) is 0 Å². The minimum atomic E-state index is -0.105. The molecule has 7 nitrogen and oxygen atoms in total. The summed E-state index contributed by atoms with van der Waals surface area (Å²) < 4.78 is 12.9. The second kappa shape index (κ2) is 8.35. The first kappa shape index (κ1) is 20.6. The lowest BCUT2D eigenvalue weighted by Gasteiger charge is -2.16. The summed E-state index contributed by atoms with van der Waals surface area (Å²) in [6.07, 6.45) is 5.10. The third-order valence-corrected chi connectivity index (χ3v) is 5.76. The van der Waals surface area contributed by atoms with Crippen molar-refractivity contribution in [1.82, 2.24) is 19.7 Å². The van der Waals surface area contributed by atoms with E-state index in [0.717, 1.165) is 39.0 Å². The molecular formula is C26H22N4O3. The highest BCUT2D eigenvalue weighted by Crippen LogP contribution is 2.38. The summed E-state index contributed by atoms with van der Waals surface area (Å²) in [6, 6.07) is 15.2. The summed E-state index contributed by atoms with van der Waals surface area (Å²) in [5.41, 5.74) is 5.38. The van der Waals surface area contributed by atoms with Gasteiger partial charge in [-0.15, -0.1) is 0 Å². The third kappa shape index (κ3) is 3.67. The maximum absolute atomic E-state index is 13.7. The molecule has 0 bridgehead atoms. The second-order valence-corrected chi connectivity index (χ2v) is 7.82. The number of rotatable bonds is 5. The van der Waals surface area contributed by atoms with E-state index in [1.807, 2.05) is 62.4 Å². The molecule has 0 radical (unpaired) electrons. The molecule has 0 saturated heterocycles. The van der Waals surface area contributed by atoms with E-state index in [0.29, 0.717) is 23.6 Å². The summed E-state index contributed by atoms with van der Waals surface area (Å²) in [5, 5.41) is 5.00. The van der Waals surface area contributed by atoms with Crippen LogP contribution in [0.25, 0.3) is 33.2 Å². The zero-order valence-electron chi connectivity index (χ0n) is 18.6. The number of fused-ring (bicyclic) bond motifs is 1. The largest absolute Gasteiger partial charge is 0.496 e. The lowest BCUT2D eigenvalue weighted by atomic mass is 9.98. The third-order valence-electron chi connectivity index (χ3n) is 5.76. The molecule has 7 heteroatoms. The Morgan fingerprint density at radius 2 is 1.79 bits per heavy atom. The number of aryl methyl sites for hydroxylation is 2. The van der Waals surface area contributed by atoms with Gasteiger partial charge in [0.15, 0.2) is 0 Å². The first-order valence-electron chi connectivity index (χ1n) is 10.6. The summed E-state index contributed by atoms with van der Waals surface area (Å²) in [5.74, 6) is 1.35. The van der Waals surface area contributed by atoms with Gasteiger partial charge in [0.1, 0.15) is 11.5 Å². The predicted octanol–water partition coefficient (Wildman–Crippen LogP) is 4.79. The van der Waals surface area contributed by atoms with Gasteiger partial charge in [-0.2, -0.15) is 0 Å². The minimum absolute atomic E-state index is 0.105. The van der Waals surface area contributed by atoms with E-state index < -0.39 is 0 Å². The van der Waals surface area contributed by atoms with Crippen molar-refractivity contribution < 1.29 is 9.26 Å². The van der Waals surface area contributed by atoms with Crippen molar-refractivity contribution in [2.75, 3.05) is 7.11 Å². The molecule has 0 N–H and O–H groups in total. The number of nitrogens with zero attached hydrogens (tertiary/aromatic N) is 4. The average Bonchev–Trinajstić information content (AvgIpc) is 3.18. The Morgan fingerprint density at radius 3 is 2.45 bits per heavy atom. The van der Waals surface area contributed by atoms with Gasteiger partial charge in [0.05, 0.1) is 36.1 Å². The summed E-state index contributed by atoms with van der Waals surface area (Å²) in [4.78, 5) is 22.2. The molecule has 5 rings (SSSR count). The number of benzene rings is 1. The van der Waals surface area contributed by atoms with Gasteiger partial charge < -0.3 is 13.8 Å². The SMILES string of the molecule is COc1cc2c(cc1-c1c(C)noc1C)cc(-c1ccncc1)c(=O)n2Cc1ccccn1. The molecule has 0 aliphatic rings. The van der Waals surface area contributed by atoms with Gasteiger partial charge in [-0.3, -0.25) is 14.8 Å². The van der Waals surface area contributed by atoms with Crippen molar-refractivity contribution >= 4 is 10.9 Å². The molecule has 1 aromatic carbocycles. The van der Waals surface area contributed by atoms with Crippen LogP contribution in [-0.4, -0.2) is 26.8 Å². The number of hydrogen-bond donors (Lipinski definition) is 0. The Bertz CT molecular complexity index is 1490. The molecule has 5 aromatic rings. The lowest BCUT2D eigenvalue weighted by Crippen LogP contribution is -2.23. The predicted molar refractivity (Wildman–Crippen MR) is 126 cm³/mol. The Labute approximate surface area is 190 Å². The Hall–Kier alpha value is -4.26. The van der Waals surface area contributed by atoms with E-state index in [9.17, 15) is 4.79 Å². The zero-order valence-corrected chi connectivity index (χ0v) is 18.6. The van der Waals surface area contributed by atoms with Crippen LogP contribution in [0.15, 0.2) is 76.4 Å². The van der Waals surface area contributed by atoms with Gasteiger partial charge in [-0.25, -0.2) is 0 Å². The maximum atomic E-state index is 13.7. The molecule has 0 fully saturated rings. The van der Waals surface area contributed by atoms with E-state index in [4.69, 9.17) is 9.26 Å². The number of methoxy groups -OCH3 is 1. The maximum Gasteiger partial charge on any atom is 0.259 e. The quantitative estimate of drug-likeness (QED) is 0.392. The lowest BCUT2D eigenvalue weighted by molar-refractivity contribution is 0.393. The summed E-state index contributed by atoms with van der Waals surface area (Å²) in [6.45, 7) is 4.12. The Morgan fingerprint density at radius 1 is 1.00 bits per heavy atom. The summed E-state index contributed by atoms with van der Waals surface area (Å²) >= 11 is 0. The highest BCUT2D eigenvalue weighted by Gasteiger charge is 2.20. The van der Waals surface area contributed by atoms with Gasteiger partial charge in [0.2, 0.25) is 0 Å². The van der Waals surface area contributed by atoms with E-state index in [1.54, 1.807) is 30.3 Å². The number of pyridine rings is 3. The fourth-order valence-corrected chi connectivity index (χ4v) is 4.19. The molecule has 164 valence electrons. The minimum Gasteiger partial charge on any atom is -0.496 e.